The van der Waals surface area contributed by atoms with Crippen LogP contribution in [0.25, 0.3) is 0 Å². The van der Waals surface area contributed by atoms with E-state index in [4.69, 9.17) is 16.7 Å². The van der Waals surface area contributed by atoms with Crippen molar-refractivity contribution in [1.82, 2.24) is 9.97 Å². The van der Waals surface area contributed by atoms with Crippen molar-refractivity contribution >= 4 is 29.4 Å². The van der Waals surface area contributed by atoms with Crippen molar-refractivity contribution in [3.63, 3.8) is 0 Å². The molecule has 7 heteroatoms. The van der Waals surface area contributed by atoms with E-state index in [2.05, 4.69) is 15.3 Å². The lowest BCUT2D eigenvalue weighted by Gasteiger charge is -2.06. The van der Waals surface area contributed by atoms with Gasteiger partial charge in [-0.1, -0.05) is 11.6 Å². The van der Waals surface area contributed by atoms with E-state index in [1.165, 1.54) is 19.2 Å². The summed E-state index contributed by atoms with van der Waals surface area (Å²) in [5.41, 5.74) is 0. The Morgan fingerprint density at radius 3 is 2.80 bits per heavy atom. The summed E-state index contributed by atoms with van der Waals surface area (Å²) in [5, 5.41) is 11.0. The lowest BCUT2D eigenvalue weighted by Crippen LogP contribution is -2.27. The number of halogens is 1. The van der Waals surface area contributed by atoms with Crippen molar-refractivity contribution in [3.05, 3.63) is 17.4 Å². The van der Waals surface area contributed by atoms with E-state index in [-0.39, 0.29) is 11.1 Å². The summed E-state index contributed by atoms with van der Waals surface area (Å²) in [6.07, 6.45) is 1.36. The molecule has 1 aromatic rings. The van der Waals surface area contributed by atoms with Crippen LogP contribution in [0.5, 0.6) is 0 Å². The highest BCUT2D eigenvalue weighted by molar-refractivity contribution is 6.29. The van der Waals surface area contributed by atoms with Crippen LogP contribution in [0.3, 0.4) is 0 Å². The lowest BCUT2D eigenvalue weighted by atomic mass is 10.2. The van der Waals surface area contributed by atoms with Crippen LogP contribution in [0.1, 0.15) is 6.92 Å². The van der Waals surface area contributed by atoms with Gasteiger partial charge in [0.2, 0.25) is 11.9 Å². The molecule has 1 aromatic heterocycles. The second-order valence-corrected chi connectivity index (χ2v) is 3.14. The van der Waals surface area contributed by atoms with Crippen LogP contribution in [0.15, 0.2) is 12.3 Å². The summed E-state index contributed by atoms with van der Waals surface area (Å²) < 4.78 is 0. The minimum atomic E-state index is -1.21. The average molecular weight is 230 g/mol. The Hall–Kier alpha value is -1.69. The third-order valence-electron chi connectivity index (χ3n) is 1.62. The molecule has 0 aliphatic rings. The molecule has 0 aliphatic carbocycles. The Balaban J connectivity index is 2.70. The van der Waals surface area contributed by atoms with Gasteiger partial charge in [-0.3, -0.25) is 14.9 Å². The molecule has 1 rings (SSSR count). The Labute approximate surface area is 90.3 Å². The maximum absolute atomic E-state index is 11.3. The first-order valence-electron chi connectivity index (χ1n) is 4.03. The smallest absolute Gasteiger partial charge is 0.315 e. The van der Waals surface area contributed by atoms with Gasteiger partial charge >= 0.3 is 5.97 Å². The summed E-state index contributed by atoms with van der Waals surface area (Å²) >= 11 is 5.55. The van der Waals surface area contributed by atoms with Gasteiger partial charge in [-0.15, -0.1) is 0 Å². The first-order valence-corrected chi connectivity index (χ1v) is 4.40. The molecule has 0 saturated heterocycles. The molecule has 80 valence electrons. The highest BCUT2D eigenvalue weighted by Crippen LogP contribution is 2.07. The summed E-state index contributed by atoms with van der Waals surface area (Å²) in [6, 6.07) is 1.44. The fourth-order valence-electron chi connectivity index (χ4n) is 0.727. The Morgan fingerprint density at radius 2 is 2.27 bits per heavy atom. The van der Waals surface area contributed by atoms with Crippen molar-refractivity contribution < 1.29 is 14.7 Å². The molecule has 0 saturated carbocycles. The van der Waals surface area contributed by atoms with Gasteiger partial charge in [-0.2, -0.15) is 0 Å². The predicted octanol–water partition coefficient (Wildman–Crippen LogP) is 0.789. The molecule has 2 N–H and O–H groups in total. The van der Waals surface area contributed by atoms with E-state index in [1.54, 1.807) is 0 Å². The number of hydrogen-bond acceptors (Lipinski definition) is 4. The van der Waals surface area contributed by atoms with Gasteiger partial charge in [0, 0.05) is 6.20 Å². The Bertz CT molecular complexity index is 396. The van der Waals surface area contributed by atoms with Crippen molar-refractivity contribution in [2.24, 2.45) is 5.92 Å². The van der Waals surface area contributed by atoms with Crippen LogP contribution < -0.4 is 5.32 Å². The number of carbonyl (C=O) groups excluding carboxylic acids is 1. The number of aliphatic carboxylic acids is 1. The zero-order valence-corrected chi connectivity index (χ0v) is 8.52. The van der Waals surface area contributed by atoms with E-state index in [0.717, 1.165) is 0 Å². The third kappa shape index (κ3) is 3.17. The van der Waals surface area contributed by atoms with Crippen molar-refractivity contribution in [2.45, 2.75) is 6.92 Å². The molecule has 1 unspecified atom stereocenters. The molecule has 0 spiro atoms. The number of nitrogens with zero attached hydrogens (tertiary/aromatic N) is 2. The van der Waals surface area contributed by atoms with Crippen LogP contribution in [0.4, 0.5) is 5.95 Å². The van der Waals surface area contributed by atoms with Crippen molar-refractivity contribution in [3.8, 4) is 0 Å². The Morgan fingerprint density at radius 1 is 1.60 bits per heavy atom. The molecular weight excluding hydrogens is 222 g/mol. The van der Waals surface area contributed by atoms with Crippen LogP contribution in [0.2, 0.25) is 5.15 Å². The number of amides is 1. The standard InChI is InChI=1S/C8H8ClN3O3/c1-4(7(14)15)6(13)12-8-10-3-2-5(9)11-8/h2-4H,1H3,(H,14,15)(H,10,11,12,13). The summed E-state index contributed by atoms with van der Waals surface area (Å²) in [7, 11) is 0. The van der Waals surface area contributed by atoms with E-state index in [0.29, 0.717) is 0 Å². The molecule has 6 nitrogen and oxygen atoms in total. The van der Waals surface area contributed by atoms with E-state index < -0.39 is 17.8 Å². The molecule has 0 bridgehead atoms. The van der Waals surface area contributed by atoms with Gasteiger partial charge in [0.05, 0.1) is 0 Å². The molecule has 0 aromatic carbocycles. The molecule has 15 heavy (non-hydrogen) atoms. The first kappa shape index (κ1) is 11.4. The molecular formula is C8H8ClN3O3. The van der Waals surface area contributed by atoms with Gasteiger partial charge in [0.15, 0.2) is 0 Å². The number of carboxylic acids is 1. The van der Waals surface area contributed by atoms with E-state index >= 15 is 0 Å². The quantitative estimate of drug-likeness (QED) is 0.591. The van der Waals surface area contributed by atoms with Gasteiger partial charge in [-0.05, 0) is 13.0 Å². The lowest BCUT2D eigenvalue weighted by molar-refractivity contribution is -0.144. The molecule has 1 atom stereocenters. The molecule has 0 aliphatic heterocycles. The van der Waals surface area contributed by atoms with Crippen LogP contribution in [-0.2, 0) is 9.59 Å². The topological polar surface area (TPSA) is 92.2 Å². The normalized spacial score (nSPS) is 11.9. The van der Waals surface area contributed by atoms with E-state index in [9.17, 15) is 9.59 Å². The minimum Gasteiger partial charge on any atom is -0.481 e. The fraction of sp³-hybridized carbons (Fsp3) is 0.250. The minimum absolute atomic E-state index is 0.0133. The number of hydrogen-bond donors (Lipinski definition) is 2. The first-order chi connectivity index (χ1) is 7.00. The van der Waals surface area contributed by atoms with Gasteiger partial charge in [-0.25, -0.2) is 9.97 Å². The SMILES string of the molecule is CC(C(=O)O)C(=O)Nc1nccc(Cl)n1. The third-order valence-corrected chi connectivity index (χ3v) is 1.83. The van der Waals surface area contributed by atoms with Gasteiger partial charge in [0.1, 0.15) is 11.1 Å². The number of carbonyl (C=O) groups is 2. The number of rotatable bonds is 3. The highest BCUT2D eigenvalue weighted by atomic mass is 35.5. The zero-order chi connectivity index (χ0) is 11.4. The maximum atomic E-state index is 11.3. The van der Waals surface area contributed by atoms with Crippen molar-refractivity contribution in [2.75, 3.05) is 5.32 Å². The summed E-state index contributed by atoms with van der Waals surface area (Å²) in [4.78, 5) is 29.1. The Kier molecular flexibility index (Phi) is 3.56. The molecule has 0 radical (unpaired) electrons. The molecule has 0 fully saturated rings. The number of carboxylic acid groups (broad SMARTS) is 1. The average Bonchev–Trinajstić information content (AvgIpc) is 2.16. The number of nitrogens with one attached hydrogen (secondary N) is 1. The van der Waals surface area contributed by atoms with Crippen LogP contribution in [0, 0.1) is 5.92 Å². The zero-order valence-electron chi connectivity index (χ0n) is 7.77. The van der Waals surface area contributed by atoms with Crippen LogP contribution in [-0.4, -0.2) is 27.0 Å². The van der Waals surface area contributed by atoms with Crippen LogP contribution >= 0.6 is 11.6 Å². The number of anilines is 1. The summed E-state index contributed by atoms with van der Waals surface area (Å²) in [6.45, 7) is 1.27. The molecule has 1 amide bonds. The fourth-order valence-corrected chi connectivity index (χ4v) is 0.864. The second kappa shape index (κ2) is 4.70. The van der Waals surface area contributed by atoms with Gasteiger partial charge in [0.25, 0.3) is 0 Å². The molecule has 1 heterocycles. The highest BCUT2D eigenvalue weighted by Gasteiger charge is 2.21. The second-order valence-electron chi connectivity index (χ2n) is 2.75. The monoisotopic (exact) mass is 229 g/mol. The number of aromatic nitrogens is 2. The largest absolute Gasteiger partial charge is 0.481 e. The maximum Gasteiger partial charge on any atom is 0.315 e. The summed E-state index contributed by atoms with van der Waals surface area (Å²) in [5.74, 6) is -3.08. The van der Waals surface area contributed by atoms with Crippen molar-refractivity contribution in [1.29, 1.82) is 0 Å². The van der Waals surface area contributed by atoms with E-state index in [1.807, 2.05) is 0 Å². The van der Waals surface area contributed by atoms with Gasteiger partial charge < -0.3 is 5.11 Å². The predicted molar refractivity (Wildman–Crippen MR) is 52.5 cm³/mol.